The maximum absolute atomic E-state index is 13.7. The zero-order valence-corrected chi connectivity index (χ0v) is 25.7. The van der Waals surface area contributed by atoms with E-state index < -0.39 is 11.8 Å². The van der Waals surface area contributed by atoms with Crippen molar-refractivity contribution in [2.75, 3.05) is 10.0 Å². The molecular weight excluding hydrogens is 588 g/mol. The first kappa shape index (κ1) is 30.6. The Hall–Kier alpha value is -6.41. The number of hydrazine groups is 1. The van der Waals surface area contributed by atoms with E-state index in [2.05, 4.69) is 0 Å². The summed E-state index contributed by atoms with van der Waals surface area (Å²) < 4.78 is 2.95. The van der Waals surface area contributed by atoms with Gasteiger partial charge in [0.15, 0.2) is 0 Å². The van der Waals surface area contributed by atoms with Gasteiger partial charge in [0.25, 0.3) is 17.4 Å². The van der Waals surface area contributed by atoms with Gasteiger partial charge in [0, 0.05) is 0 Å². The average Bonchev–Trinajstić information content (AvgIpc) is 3.52. The number of rotatable bonds is 9. The van der Waals surface area contributed by atoms with E-state index in [-0.39, 0.29) is 22.6 Å². The lowest BCUT2D eigenvalue weighted by atomic mass is 10.1. The third-order valence-electron chi connectivity index (χ3n) is 7.65. The number of carbonyl (C=O) groups excluding carboxylic acids is 2. The zero-order chi connectivity index (χ0) is 32.8. The Morgan fingerprint density at radius 1 is 0.596 bits per heavy atom. The van der Waals surface area contributed by atoms with Crippen molar-refractivity contribution < 1.29 is 14.7 Å². The van der Waals surface area contributed by atoms with Crippen molar-refractivity contribution in [1.29, 1.82) is 0 Å². The normalized spacial score (nSPS) is 13.8. The summed E-state index contributed by atoms with van der Waals surface area (Å²) in [7, 11) is 0. The molecule has 2 amide bonds. The lowest BCUT2D eigenvalue weighted by Gasteiger charge is -2.27. The van der Waals surface area contributed by atoms with Gasteiger partial charge in [-0.2, -0.15) is 0 Å². The summed E-state index contributed by atoms with van der Waals surface area (Å²) >= 11 is 0. The first-order valence-corrected chi connectivity index (χ1v) is 15.2. The Morgan fingerprint density at radius 3 is 1.51 bits per heavy atom. The molecule has 1 aromatic heterocycles. The van der Waals surface area contributed by atoms with Crippen LogP contribution in [0.2, 0.25) is 0 Å². The molecule has 5 aromatic rings. The summed E-state index contributed by atoms with van der Waals surface area (Å²) in [5, 5.41) is 14.1. The first-order chi connectivity index (χ1) is 23.0. The molecule has 47 heavy (non-hydrogen) atoms. The molecule has 232 valence electrons. The van der Waals surface area contributed by atoms with Crippen LogP contribution in [0.25, 0.3) is 17.5 Å². The van der Waals surface area contributed by atoms with Crippen LogP contribution >= 0.6 is 0 Å². The van der Waals surface area contributed by atoms with Crippen molar-refractivity contribution >= 4 is 29.3 Å². The maximum Gasteiger partial charge on any atom is 0.283 e. The molecule has 1 saturated heterocycles. The summed E-state index contributed by atoms with van der Waals surface area (Å²) in [6.45, 7) is 1.95. The number of anilines is 2. The van der Waals surface area contributed by atoms with Crippen LogP contribution in [0.4, 0.5) is 11.4 Å². The van der Waals surface area contributed by atoms with E-state index >= 15 is 0 Å². The standard InChI is InChI=1S/C39H32N4O4/c1-2-29(28-35-38(46)42(32-23-13-6-14-24-32)43(39(35)47)33-25-15-7-16-26-33)18-8-3-17-27-34-36(44)40(30-19-9-4-10-20-30)41(37(34)45)31-21-11-5-12-22-31/h3-28,46H,2H2,1H3/b17-3+,18-8+,29-28+. The van der Waals surface area contributed by atoms with Crippen molar-refractivity contribution in [2.24, 2.45) is 0 Å². The second-order valence-electron chi connectivity index (χ2n) is 10.6. The third kappa shape index (κ3) is 6.12. The average molecular weight is 621 g/mol. The highest BCUT2D eigenvalue weighted by molar-refractivity contribution is 6.36. The third-order valence-corrected chi connectivity index (χ3v) is 7.65. The summed E-state index contributed by atoms with van der Waals surface area (Å²) in [4.78, 5) is 40.7. The quantitative estimate of drug-likeness (QED) is 0.108. The van der Waals surface area contributed by atoms with Crippen molar-refractivity contribution in [3.63, 3.8) is 0 Å². The molecule has 1 fully saturated rings. The van der Waals surface area contributed by atoms with Crippen LogP contribution < -0.4 is 15.6 Å². The molecular formula is C39H32N4O4. The number of aromatic hydroxyl groups is 1. The van der Waals surface area contributed by atoms with E-state index in [9.17, 15) is 19.5 Å². The fourth-order valence-electron chi connectivity index (χ4n) is 5.34. The molecule has 0 unspecified atom stereocenters. The SMILES string of the molecule is CCC(/C=C/C=C/C=C1C(=O)N(c2ccccc2)N(c2ccccc2)C1=O)=C\c1c(O)n(-c2ccccc2)n(-c2ccccc2)c1=O. The highest BCUT2D eigenvalue weighted by Gasteiger charge is 2.42. The number of benzene rings is 4. The molecule has 2 heterocycles. The molecule has 6 rings (SSSR count). The Labute approximate surface area is 272 Å². The molecule has 0 saturated carbocycles. The molecule has 0 aliphatic carbocycles. The minimum atomic E-state index is -0.430. The van der Waals surface area contributed by atoms with Gasteiger partial charge >= 0.3 is 0 Å². The number of hydrogen-bond donors (Lipinski definition) is 1. The molecule has 1 aliphatic heterocycles. The number of aromatic nitrogens is 2. The predicted molar refractivity (Wildman–Crippen MR) is 186 cm³/mol. The van der Waals surface area contributed by atoms with Gasteiger partial charge in [-0.05, 0) is 72.7 Å². The fourth-order valence-corrected chi connectivity index (χ4v) is 5.34. The number of nitrogens with zero attached hydrogens (tertiary/aromatic N) is 4. The van der Waals surface area contributed by atoms with Gasteiger partial charge in [-0.25, -0.2) is 19.4 Å². The second kappa shape index (κ2) is 13.7. The van der Waals surface area contributed by atoms with Crippen molar-refractivity contribution in [3.8, 4) is 17.3 Å². The summed E-state index contributed by atoms with van der Waals surface area (Å²) in [6, 6.07) is 36.4. The summed E-state index contributed by atoms with van der Waals surface area (Å²) in [5.41, 5.74) is 3.04. The molecule has 1 N–H and O–H groups in total. The van der Waals surface area contributed by atoms with E-state index in [0.717, 1.165) is 5.57 Å². The molecule has 0 spiro atoms. The molecule has 0 radical (unpaired) electrons. The van der Waals surface area contributed by atoms with Crippen LogP contribution in [0.5, 0.6) is 5.88 Å². The van der Waals surface area contributed by atoms with E-state index in [0.29, 0.717) is 29.2 Å². The predicted octanol–water partition coefficient (Wildman–Crippen LogP) is 7.16. The number of allylic oxidation sites excluding steroid dienone is 6. The molecule has 4 aromatic carbocycles. The number of carbonyl (C=O) groups is 2. The molecule has 0 bridgehead atoms. The first-order valence-electron chi connectivity index (χ1n) is 15.2. The van der Waals surface area contributed by atoms with Gasteiger partial charge in [0.2, 0.25) is 5.88 Å². The smallest absolute Gasteiger partial charge is 0.283 e. The molecule has 1 aliphatic rings. The minimum Gasteiger partial charge on any atom is -0.493 e. The lowest BCUT2D eigenvalue weighted by Crippen LogP contribution is -2.41. The number of para-hydroxylation sites is 4. The van der Waals surface area contributed by atoms with Gasteiger partial charge in [-0.15, -0.1) is 0 Å². The summed E-state index contributed by atoms with van der Waals surface area (Å²) in [6.07, 6.45) is 10.7. The monoisotopic (exact) mass is 620 g/mol. The minimum absolute atomic E-state index is 0.0299. The van der Waals surface area contributed by atoms with Gasteiger partial charge in [0.1, 0.15) is 11.1 Å². The Morgan fingerprint density at radius 2 is 1.04 bits per heavy atom. The lowest BCUT2D eigenvalue weighted by molar-refractivity contribution is -0.116. The topological polar surface area (TPSA) is 87.8 Å². The van der Waals surface area contributed by atoms with Crippen LogP contribution in [0.3, 0.4) is 0 Å². The molecule has 8 nitrogen and oxygen atoms in total. The maximum atomic E-state index is 13.7. The summed E-state index contributed by atoms with van der Waals surface area (Å²) in [5.74, 6) is -1.03. The Balaban J connectivity index is 1.29. The molecule has 0 atom stereocenters. The number of hydrogen-bond acceptors (Lipinski definition) is 4. The van der Waals surface area contributed by atoms with Crippen LogP contribution in [0.15, 0.2) is 168 Å². The van der Waals surface area contributed by atoms with E-state index in [1.807, 2.05) is 110 Å². The highest BCUT2D eigenvalue weighted by atomic mass is 16.3. The molecule has 8 heteroatoms. The van der Waals surface area contributed by atoms with Gasteiger partial charge in [-0.1, -0.05) is 104 Å². The van der Waals surface area contributed by atoms with Crippen molar-refractivity contribution in [3.05, 3.63) is 179 Å². The zero-order valence-electron chi connectivity index (χ0n) is 25.7. The van der Waals surface area contributed by atoms with Crippen LogP contribution in [-0.2, 0) is 9.59 Å². The second-order valence-corrected chi connectivity index (χ2v) is 10.6. The number of amides is 2. The van der Waals surface area contributed by atoms with Crippen molar-refractivity contribution in [2.45, 2.75) is 13.3 Å². The Kier molecular flexibility index (Phi) is 8.93. The Bertz CT molecular complexity index is 2020. The van der Waals surface area contributed by atoms with Crippen LogP contribution in [-0.4, -0.2) is 26.3 Å². The van der Waals surface area contributed by atoms with Gasteiger partial charge in [0.05, 0.1) is 22.7 Å². The fraction of sp³-hybridized carbons (Fsp3) is 0.0513. The van der Waals surface area contributed by atoms with E-state index in [4.69, 9.17) is 0 Å². The van der Waals surface area contributed by atoms with E-state index in [1.165, 1.54) is 25.5 Å². The van der Waals surface area contributed by atoms with E-state index in [1.54, 1.807) is 48.6 Å². The van der Waals surface area contributed by atoms with Gasteiger partial charge < -0.3 is 5.11 Å². The highest BCUT2D eigenvalue weighted by Crippen LogP contribution is 2.31. The van der Waals surface area contributed by atoms with Crippen molar-refractivity contribution in [1.82, 2.24) is 9.36 Å². The largest absolute Gasteiger partial charge is 0.493 e. The van der Waals surface area contributed by atoms with Gasteiger partial charge in [-0.3, -0.25) is 14.4 Å². The van der Waals surface area contributed by atoms with Crippen LogP contribution in [0, 0.1) is 0 Å². The van der Waals surface area contributed by atoms with Crippen LogP contribution in [0.1, 0.15) is 18.9 Å².